The SMILES string of the molecule is COC(C)(C)CCC(C)(CNC(C)(C)C)C1CC1. The number of hydrogen-bond donors (Lipinski definition) is 1. The van der Waals surface area contributed by atoms with E-state index in [0.29, 0.717) is 5.41 Å². The molecule has 1 rings (SSSR count). The van der Waals surface area contributed by atoms with Gasteiger partial charge in [-0.3, -0.25) is 0 Å². The van der Waals surface area contributed by atoms with Gasteiger partial charge in [0.1, 0.15) is 0 Å². The van der Waals surface area contributed by atoms with Crippen LogP contribution in [0.3, 0.4) is 0 Å². The molecule has 0 aliphatic heterocycles. The van der Waals surface area contributed by atoms with E-state index in [1.165, 1.54) is 19.3 Å². The summed E-state index contributed by atoms with van der Waals surface area (Å²) in [4.78, 5) is 0. The second-order valence-corrected chi connectivity index (χ2v) is 8.00. The molecule has 1 N–H and O–H groups in total. The van der Waals surface area contributed by atoms with E-state index in [4.69, 9.17) is 4.74 Å². The average Bonchev–Trinajstić information content (AvgIpc) is 3.07. The maximum Gasteiger partial charge on any atom is 0.0623 e. The molecule has 0 spiro atoms. The van der Waals surface area contributed by atoms with Gasteiger partial charge in [-0.15, -0.1) is 0 Å². The standard InChI is InChI=1S/C16H33NO/c1-14(2,3)17-12-16(6,13-8-9-13)11-10-15(4,5)18-7/h13,17H,8-12H2,1-7H3. The average molecular weight is 255 g/mol. The lowest BCUT2D eigenvalue weighted by molar-refractivity contribution is 0.00227. The zero-order valence-electron chi connectivity index (χ0n) is 13.5. The van der Waals surface area contributed by atoms with Crippen LogP contribution in [0.5, 0.6) is 0 Å². The fourth-order valence-electron chi connectivity index (χ4n) is 2.37. The van der Waals surface area contributed by atoms with Gasteiger partial charge in [-0.05, 0) is 71.6 Å². The van der Waals surface area contributed by atoms with Gasteiger partial charge in [0.05, 0.1) is 5.60 Å². The monoisotopic (exact) mass is 255 g/mol. The molecular formula is C16H33NO. The Kier molecular flexibility index (Phi) is 4.88. The van der Waals surface area contributed by atoms with E-state index in [1.54, 1.807) is 0 Å². The van der Waals surface area contributed by atoms with Crippen molar-refractivity contribution < 1.29 is 4.74 Å². The number of rotatable bonds is 7. The van der Waals surface area contributed by atoms with Crippen LogP contribution in [0, 0.1) is 11.3 Å². The molecule has 0 bridgehead atoms. The second-order valence-electron chi connectivity index (χ2n) is 8.00. The molecule has 1 aliphatic carbocycles. The third-order valence-corrected chi connectivity index (χ3v) is 4.44. The van der Waals surface area contributed by atoms with E-state index >= 15 is 0 Å². The van der Waals surface area contributed by atoms with Gasteiger partial charge in [-0.2, -0.15) is 0 Å². The molecule has 0 amide bonds. The molecule has 0 aromatic heterocycles. The predicted octanol–water partition coefficient (Wildman–Crippen LogP) is 4.00. The van der Waals surface area contributed by atoms with Crippen molar-refractivity contribution in [2.75, 3.05) is 13.7 Å². The molecule has 0 heterocycles. The molecule has 108 valence electrons. The van der Waals surface area contributed by atoms with Crippen molar-refractivity contribution >= 4 is 0 Å². The fourth-order valence-corrected chi connectivity index (χ4v) is 2.37. The smallest absolute Gasteiger partial charge is 0.0623 e. The molecular weight excluding hydrogens is 222 g/mol. The zero-order valence-corrected chi connectivity index (χ0v) is 13.5. The highest BCUT2D eigenvalue weighted by Gasteiger charge is 2.42. The van der Waals surface area contributed by atoms with Crippen molar-refractivity contribution in [3.8, 4) is 0 Å². The maximum atomic E-state index is 5.56. The lowest BCUT2D eigenvalue weighted by atomic mass is 9.77. The van der Waals surface area contributed by atoms with Gasteiger partial charge in [0.25, 0.3) is 0 Å². The molecule has 1 unspecified atom stereocenters. The molecule has 0 saturated heterocycles. The summed E-state index contributed by atoms with van der Waals surface area (Å²) >= 11 is 0. The van der Waals surface area contributed by atoms with Crippen LogP contribution >= 0.6 is 0 Å². The summed E-state index contributed by atoms with van der Waals surface area (Å²) in [7, 11) is 1.82. The first-order valence-electron chi connectivity index (χ1n) is 7.38. The van der Waals surface area contributed by atoms with E-state index in [0.717, 1.165) is 18.9 Å². The van der Waals surface area contributed by atoms with Crippen molar-refractivity contribution in [2.24, 2.45) is 11.3 Å². The van der Waals surface area contributed by atoms with E-state index in [9.17, 15) is 0 Å². The van der Waals surface area contributed by atoms with Crippen molar-refractivity contribution in [3.05, 3.63) is 0 Å². The van der Waals surface area contributed by atoms with Gasteiger partial charge in [-0.1, -0.05) is 6.92 Å². The molecule has 2 nitrogen and oxygen atoms in total. The number of nitrogens with one attached hydrogen (secondary N) is 1. The summed E-state index contributed by atoms with van der Waals surface area (Å²) in [5.74, 6) is 0.917. The first-order chi connectivity index (χ1) is 8.08. The molecule has 2 heteroatoms. The first-order valence-corrected chi connectivity index (χ1v) is 7.38. The minimum absolute atomic E-state index is 0.0118. The normalized spacial score (nSPS) is 20.8. The lowest BCUT2D eigenvalue weighted by Crippen LogP contribution is -2.44. The molecule has 1 aliphatic rings. The van der Waals surface area contributed by atoms with Crippen LogP contribution in [0.25, 0.3) is 0 Å². The zero-order chi connectivity index (χ0) is 14.0. The Hall–Kier alpha value is -0.0800. The molecule has 0 aromatic carbocycles. The summed E-state index contributed by atoms with van der Waals surface area (Å²) in [5, 5.41) is 3.70. The minimum atomic E-state index is 0.0118. The summed E-state index contributed by atoms with van der Waals surface area (Å²) in [6.45, 7) is 14.7. The van der Waals surface area contributed by atoms with Gasteiger partial charge >= 0.3 is 0 Å². The third-order valence-electron chi connectivity index (χ3n) is 4.44. The van der Waals surface area contributed by atoms with E-state index in [-0.39, 0.29) is 11.1 Å². The number of hydrogen-bond acceptors (Lipinski definition) is 2. The minimum Gasteiger partial charge on any atom is -0.379 e. The Morgan fingerprint density at radius 1 is 1.00 bits per heavy atom. The Labute approximate surface area is 114 Å². The molecule has 1 atom stereocenters. The Bertz CT molecular complexity index is 263. The van der Waals surface area contributed by atoms with Gasteiger partial charge in [0, 0.05) is 19.2 Å². The third kappa shape index (κ3) is 5.27. The van der Waals surface area contributed by atoms with Crippen LogP contribution in [0.2, 0.25) is 0 Å². The Balaban J connectivity index is 2.53. The fraction of sp³-hybridized carbons (Fsp3) is 1.00. The summed E-state index contributed by atoms with van der Waals surface area (Å²) in [6.07, 6.45) is 5.22. The van der Waals surface area contributed by atoms with E-state index in [1.807, 2.05) is 7.11 Å². The highest BCUT2D eigenvalue weighted by atomic mass is 16.5. The lowest BCUT2D eigenvalue weighted by Gasteiger charge is -2.36. The highest BCUT2D eigenvalue weighted by molar-refractivity contribution is 4.94. The van der Waals surface area contributed by atoms with Crippen molar-refractivity contribution in [2.45, 2.75) is 78.4 Å². The van der Waals surface area contributed by atoms with E-state index in [2.05, 4.69) is 46.9 Å². The topological polar surface area (TPSA) is 21.3 Å². The van der Waals surface area contributed by atoms with E-state index < -0.39 is 0 Å². The van der Waals surface area contributed by atoms with Gasteiger partial charge < -0.3 is 10.1 Å². The molecule has 1 fully saturated rings. The molecule has 18 heavy (non-hydrogen) atoms. The van der Waals surface area contributed by atoms with Gasteiger partial charge in [-0.25, -0.2) is 0 Å². The van der Waals surface area contributed by atoms with Crippen LogP contribution in [0.15, 0.2) is 0 Å². The van der Waals surface area contributed by atoms with Crippen LogP contribution in [-0.2, 0) is 4.74 Å². The molecule has 0 aromatic rings. The van der Waals surface area contributed by atoms with Crippen molar-refractivity contribution in [1.29, 1.82) is 0 Å². The van der Waals surface area contributed by atoms with Crippen LogP contribution in [0.4, 0.5) is 0 Å². The maximum absolute atomic E-state index is 5.56. The quantitative estimate of drug-likeness (QED) is 0.742. The Morgan fingerprint density at radius 3 is 1.94 bits per heavy atom. The van der Waals surface area contributed by atoms with Crippen LogP contribution < -0.4 is 5.32 Å². The summed E-state index contributed by atoms with van der Waals surface area (Å²) in [5.41, 5.74) is 0.661. The first kappa shape index (κ1) is 16.0. The summed E-state index contributed by atoms with van der Waals surface area (Å²) < 4.78 is 5.56. The Morgan fingerprint density at radius 2 is 1.56 bits per heavy atom. The predicted molar refractivity (Wildman–Crippen MR) is 78.9 cm³/mol. The van der Waals surface area contributed by atoms with Gasteiger partial charge in [0.2, 0.25) is 0 Å². The summed E-state index contributed by atoms with van der Waals surface area (Å²) in [6, 6.07) is 0. The second kappa shape index (κ2) is 5.50. The van der Waals surface area contributed by atoms with Crippen LogP contribution in [-0.4, -0.2) is 24.8 Å². The van der Waals surface area contributed by atoms with Gasteiger partial charge in [0.15, 0.2) is 0 Å². The molecule has 1 saturated carbocycles. The molecule has 0 radical (unpaired) electrons. The largest absolute Gasteiger partial charge is 0.379 e. The highest BCUT2D eigenvalue weighted by Crippen LogP contribution is 2.48. The van der Waals surface area contributed by atoms with Crippen molar-refractivity contribution in [3.63, 3.8) is 0 Å². The number of methoxy groups -OCH3 is 1. The van der Waals surface area contributed by atoms with Crippen molar-refractivity contribution in [1.82, 2.24) is 5.32 Å². The number of ether oxygens (including phenoxy) is 1. The van der Waals surface area contributed by atoms with Crippen LogP contribution in [0.1, 0.15) is 67.2 Å².